The number of hydrogen-bond donors (Lipinski definition) is 2. The van der Waals surface area contributed by atoms with Crippen molar-refractivity contribution in [2.24, 2.45) is 0 Å². The Morgan fingerprint density at radius 1 is 1.33 bits per heavy atom. The molecule has 1 aromatic rings. The Labute approximate surface area is 72.0 Å². The Morgan fingerprint density at radius 2 is 2.08 bits per heavy atom. The van der Waals surface area contributed by atoms with Crippen LogP contribution in [0.3, 0.4) is 0 Å². The summed E-state index contributed by atoms with van der Waals surface area (Å²) in [4.78, 5) is 0. The Morgan fingerprint density at radius 3 is 2.75 bits per heavy atom. The summed E-state index contributed by atoms with van der Waals surface area (Å²) in [6.07, 6.45) is 3.30. The Balaban J connectivity index is 2.61. The smallest absolute Gasteiger partial charge is 0.107 e. The van der Waals surface area contributed by atoms with Crippen LogP contribution in [-0.4, -0.2) is 5.11 Å². The lowest BCUT2D eigenvalue weighted by Gasteiger charge is -2.00. The van der Waals surface area contributed by atoms with Crippen LogP contribution in [0.25, 0.3) is 0 Å². The molecule has 0 fully saturated rings. The zero-order valence-corrected chi connectivity index (χ0v) is 6.75. The van der Waals surface area contributed by atoms with Crippen LogP contribution < -0.4 is 5.73 Å². The number of para-hydroxylation sites is 1. The van der Waals surface area contributed by atoms with E-state index in [1.807, 2.05) is 30.4 Å². The Hall–Kier alpha value is -1.62. The third-order valence-electron chi connectivity index (χ3n) is 1.65. The third kappa shape index (κ3) is 2.21. The van der Waals surface area contributed by atoms with E-state index in [2.05, 4.69) is 5.92 Å². The minimum absolute atomic E-state index is 0.644. The van der Waals surface area contributed by atoms with Crippen LogP contribution in [0.1, 0.15) is 12.0 Å². The largest absolute Gasteiger partial charge is 0.462 e. The van der Waals surface area contributed by atoms with Crippen LogP contribution in [-0.2, 0) is 6.42 Å². The predicted octanol–water partition coefficient (Wildman–Crippen LogP) is 1.53. The molecule has 0 heterocycles. The first-order valence-electron chi connectivity index (χ1n) is 3.80. The van der Waals surface area contributed by atoms with Gasteiger partial charge in [-0.3, -0.25) is 0 Å². The molecule has 12 heavy (non-hydrogen) atoms. The van der Waals surface area contributed by atoms with Gasteiger partial charge in [0.25, 0.3) is 0 Å². The third-order valence-corrected chi connectivity index (χ3v) is 1.65. The van der Waals surface area contributed by atoms with Crippen LogP contribution >= 0.6 is 0 Å². The fraction of sp³-hybridized carbons (Fsp3) is 0.200. The highest BCUT2D eigenvalue weighted by Gasteiger charge is 1.94. The number of benzene rings is 1. The molecule has 0 atom stereocenters. The molecule has 1 aromatic carbocycles. The molecule has 2 nitrogen and oxygen atoms in total. The van der Waals surface area contributed by atoms with Crippen LogP contribution in [0.5, 0.6) is 0 Å². The maximum Gasteiger partial charge on any atom is 0.107 e. The molecule has 1 rings (SSSR count). The molecule has 0 aliphatic rings. The second-order valence-corrected chi connectivity index (χ2v) is 2.49. The number of aliphatic hydroxyl groups is 1. The van der Waals surface area contributed by atoms with E-state index in [-0.39, 0.29) is 0 Å². The number of hydrogen-bond acceptors (Lipinski definition) is 2. The van der Waals surface area contributed by atoms with Crippen LogP contribution in [0.4, 0.5) is 5.69 Å². The van der Waals surface area contributed by atoms with Crippen molar-refractivity contribution in [2.75, 3.05) is 5.73 Å². The molecule has 0 amide bonds. The molecule has 0 bridgehead atoms. The van der Waals surface area contributed by atoms with Gasteiger partial charge in [0, 0.05) is 12.1 Å². The number of rotatable bonds is 2. The van der Waals surface area contributed by atoms with Crippen LogP contribution in [0.2, 0.25) is 0 Å². The topological polar surface area (TPSA) is 46.2 Å². The molecule has 0 saturated heterocycles. The van der Waals surface area contributed by atoms with E-state index in [9.17, 15) is 0 Å². The van der Waals surface area contributed by atoms with Gasteiger partial charge in [-0.15, -0.1) is 0 Å². The molecule has 0 aliphatic heterocycles. The fourth-order valence-corrected chi connectivity index (χ4v) is 1.01. The zero-order chi connectivity index (χ0) is 8.81. The highest BCUT2D eigenvalue weighted by Crippen LogP contribution is 2.11. The van der Waals surface area contributed by atoms with E-state index in [0.717, 1.165) is 17.7 Å². The summed E-state index contributed by atoms with van der Waals surface area (Å²) >= 11 is 0. The van der Waals surface area contributed by atoms with E-state index in [1.54, 1.807) is 0 Å². The SMILES string of the molecule is Nc1ccccc1CCC#CO. The zero-order valence-electron chi connectivity index (χ0n) is 6.75. The van der Waals surface area contributed by atoms with Crippen molar-refractivity contribution < 1.29 is 5.11 Å². The molecule has 0 radical (unpaired) electrons. The molecule has 0 saturated carbocycles. The number of nitrogen functional groups attached to an aromatic ring is 1. The van der Waals surface area contributed by atoms with Gasteiger partial charge in [-0.05, 0) is 18.1 Å². The first-order chi connectivity index (χ1) is 5.84. The molecule has 62 valence electrons. The standard InChI is InChI=1S/C10H11NO/c11-10-7-2-1-5-9(10)6-3-4-8-12/h1-2,5,7,12H,3,6,11H2. The summed E-state index contributed by atoms with van der Waals surface area (Å²) in [5.41, 5.74) is 7.56. The molecule has 0 spiro atoms. The summed E-state index contributed by atoms with van der Waals surface area (Å²) in [6, 6.07) is 7.67. The average Bonchev–Trinajstić information content (AvgIpc) is 2.09. The minimum Gasteiger partial charge on any atom is -0.462 e. The van der Waals surface area contributed by atoms with Crippen molar-refractivity contribution in [3.05, 3.63) is 29.8 Å². The average molecular weight is 161 g/mol. The predicted molar refractivity (Wildman–Crippen MR) is 48.9 cm³/mol. The summed E-state index contributed by atoms with van der Waals surface area (Å²) in [7, 11) is 0. The lowest BCUT2D eigenvalue weighted by molar-refractivity contribution is 0.516. The van der Waals surface area contributed by atoms with Crippen molar-refractivity contribution >= 4 is 5.69 Å². The quantitative estimate of drug-likeness (QED) is 0.510. The highest BCUT2D eigenvalue weighted by molar-refractivity contribution is 5.46. The second-order valence-electron chi connectivity index (χ2n) is 2.49. The van der Waals surface area contributed by atoms with Crippen molar-refractivity contribution in [1.82, 2.24) is 0 Å². The van der Waals surface area contributed by atoms with Gasteiger partial charge in [0.15, 0.2) is 0 Å². The van der Waals surface area contributed by atoms with Crippen LogP contribution in [0.15, 0.2) is 24.3 Å². The fourth-order valence-electron chi connectivity index (χ4n) is 1.01. The molecular formula is C10H11NO. The van der Waals surface area contributed by atoms with E-state index in [1.165, 1.54) is 0 Å². The summed E-state index contributed by atoms with van der Waals surface area (Å²) in [5, 5.41) is 8.22. The lowest BCUT2D eigenvalue weighted by Crippen LogP contribution is -1.92. The van der Waals surface area contributed by atoms with Crippen molar-refractivity contribution in [3.63, 3.8) is 0 Å². The molecule has 0 aromatic heterocycles. The maximum absolute atomic E-state index is 8.22. The molecule has 0 aliphatic carbocycles. The van der Waals surface area contributed by atoms with E-state index in [0.29, 0.717) is 6.42 Å². The van der Waals surface area contributed by atoms with Gasteiger partial charge in [0.05, 0.1) is 0 Å². The minimum atomic E-state index is 0.644. The van der Waals surface area contributed by atoms with Gasteiger partial charge in [0.1, 0.15) is 6.11 Å². The van der Waals surface area contributed by atoms with Gasteiger partial charge < -0.3 is 10.8 Å². The van der Waals surface area contributed by atoms with Crippen molar-refractivity contribution in [1.29, 1.82) is 0 Å². The normalized spacial score (nSPS) is 8.67. The first-order valence-corrected chi connectivity index (χ1v) is 3.80. The van der Waals surface area contributed by atoms with Gasteiger partial charge in [-0.25, -0.2) is 0 Å². The first kappa shape index (κ1) is 8.48. The van der Waals surface area contributed by atoms with Gasteiger partial charge in [-0.2, -0.15) is 0 Å². The lowest BCUT2D eigenvalue weighted by atomic mass is 10.1. The Bertz CT molecular complexity index is 309. The number of aliphatic hydroxyl groups excluding tert-OH is 1. The highest BCUT2D eigenvalue weighted by atomic mass is 16.2. The molecule has 3 N–H and O–H groups in total. The van der Waals surface area contributed by atoms with Gasteiger partial charge >= 0.3 is 0 Å². The second kappa shape index (κ2) is 4.30. The molecule has 0 unspecified atom stereocenters. The summed E-state index contributed by atoms with van der Waals surface area (Å²) in [6.45, 7) is 0. The summed E-state index contributed by atoms with van der Waals surface area (Å²) in [5.74, 6) is 2.57. The van der Waals surface area contributed by atoms with Gasteiger partial charge in [0.2, 0.25) is 0 Å². The molecule has 2 heteroatoms. The van der Waals surface area contributed by atoms with E-state index >= 15 is 0 Å². The van der Waals surface area contributed by atoms with Crippen molar-refractivity contribution in [2.45, 2.75) is 12.8 Å². The van der Waals surface area contributed by atoms with Gasteiger partial charge in [-0.1, -0.05) is 24.1 Å². The Kier molecular flexibility index (Phi) is 3.04. The number of aryl methyl sites for hydroxylation is 1. The van der Waals surface area contributed by atoms with Crippen LogP contribution in [0, 0.1) is 12.0 Å². The maximum atomic E-state index is 8.22. The van der Waals surface area contributed by atoms with E-state index in [4.69, 9.17) is 10.8 Å². The summed E-state index contributed by atoms with van der Waals surface area (Å²) < 4.78 is 0. The number of nitrogens with two attached hydrogens (primary N) is 1. The van der Waals surface area contributed by atoms with Crippen molar-refractivity contribution in [3.8, 4) is 12.0 Å². The van der Waals surface area contributed by atoms with E-state index < -0.39 is 0 Å². The number of anilines is 1. The molecular weight excluding hydrogens is 150 g/mol. The monoisotopic (exact) mass is 161 g/mol.